The van der Waals surface area contributed by atoms with E-state index in [1.807, 2.05) is 80.9 Å². The van der Waals surface area contributed by atoms with E-state index in [2.05, 4.69) is 6.58 Å². The monoisotopic (exact) mass is 381 g/mol. The lowest BCUT2D eigenvalue weighted by Crippen LogP contribution is -2.09. The fourth-order valence-corrected chi connectivity index (χ4v) is 4.15. The van der Waals surface area contributed by atoms with Crippen molar-refractivity contribution in [3.8, 4) is 0 Å². The second-order valence-electron chi connectivity index (χ2n) is 6.08. The summed E-state index contributed by atoms with van der Waals surface area (Å²) in [6.45, 7) is 11.2. The Labute approximate surface area is 164 Å². The van der Waals surface area contributed by atoms with Crippen LogP contribution in [0.1, 0.15) is 34.0 Å². The van der Waals surface area contributed by atoms with Crippen LogP contribution in [0.4, 0.5) is 0 Å². The molecule has 0 radical (unpaired) electrons. The van der Waals surface area contributed by atoms with Crippen molar-refractivity contribution in [1.82, 2.24) is 4.57 Å². The predicted octanol–water partition coefficient (Wildman–Crippen LogP) is 6.47. The molecule has 0 amide bonds. The number of benzene rings is 2. The summed E-state index contributed by atoms with van der Waals surface area (Å²) in [6.07, 6.45) is 3.67. The van der Waals surface area contributed by atoms with Gasteiger partial charge in [-0.25, -0.2) is 0 Å². The first-order valence-electron chi connectivity index (χ1n) is 8.36. The van der Waals surface area contributed by atoms with E-state index >= 15 is 0 Å². The summed E-state index contributed by atoms with van der Waals surface area (Å²) in [5.74, 6) is 0. The van der Waals surface area contributed by atoms with Crippen LogP contribution in [0, 0.1) is 20.8 Å². The first-order chi connectivity index (χ1) is 12.4. The van der Waals surface area contributed by atoms with E-state index < -0.39 is 0 Å². The molecule has 3 rings (SSSR count). The highest BCUT2D eigenvalue weighted by Gasteiger charge is 2.17. The lowest BCUT2D eigenvalue weighted by molar-refractivity contribution is 0.108. The number of carbonyl (C=O) groups is 1. The number of allylic oxidation sites excluding steroid dienone is 1. The normalized spacial score (nSPS) is 10.2. The van der Waals surface area contributed by atoms with E-state index in [9.17, 15) is 4.79 Å². The van der Waals surface area contributed by atoms with E-state index in [1.165, 1.54) is 5.56 Å². The summed E-state index contributed by atoms with van der Waals surface area (Å²) in [5.41, 5.74) is 4.95. The second-order valence-corrected chi connectivity index (χ2v) is 7.69. The molecular formula is C22H23NOS2. The SMILES string of the molecule is C=CC.Cc1cc(C)c(C(=O)SC(=S)n2ccc3ccccc32)c(C)c1. The van der Waals surface area contributed by atoms with Gasteiger partial charge in [0.1, 0.15) is 0 Å². The lowest BCUT2D eigenvalue weighted by atomic mass is 10.0. The molecule has 0 aliphatic heterocycles. The van der Waals surface area contributed by atoms with E-state index in [-0.39, 0.29) is 5.12 Å². The number of fused-ring (bicyclic) bond motifs is 1. The molecule has 26 heavy (non-hydrogen) atoms. The quantitative estimate of drug-likeness (QED) is 0.356. The minimum absolute atomic E-state index is 0.00258. The Bertz CT molecular complexity index is 946. The average Bonchev–Trinajstić information content (AvgIpc) is 2.98. The van der Waals surface area contributed by atoms with Gasteiger partial charge in [0.2, 0.25) is 5.12 Å². The maximum atomic E-state index is 12.7. The third-order valence-corrected chi connectivity index (χ3v) is 5.06. The van der Waals surface area contributed by atoms with Gasteiger partial charge in [-0.1, -0.05) is 54.2 Å². The minimum Gasteiger partial charge on any atom is -0.302 e. The second kappa shape index (κ2) is 8.97. The van der Waals surface area contributed by atoms with E-state index in [1.54, 1.807) is 6.08 Å². The van der Waals surface area contributed by atoms with Gasteiger partial charge < -0.3 is 4.57 Å². The zero-order valence-corrected chi connectivity index (χ0v) is 17.2. The maximum Gasteiger partial charge on any atom is 0.226 e. The largest absolute Gasteiger partial charge is 0.302 e. The Hall–Kier alpha value is -2.17. The number of thiocarbonyl (C=S) groups is 1. The number of hydrogen-bond acceptors (Lipinski definition) is 3. The fourth-order valence-electron chi connectivity index (χ4n) is 2.92. The number of nitrogens with zero attached hydrogens (tertiary/aromatic N) is 1. The molecule has 0 N–H and O–H groups in total. The number of rotatable bonds is 1. The first kappa shape index (κ1) is 20.1. The molecule has 0 fully saturated rings. The highest BCUT2D eigenvalue weighted by molar-refractivity contribution is 8.33. The van der Waals surface area contributed by atoms with Gasteiger partial charge in [-0.05, 0) is 68.1 Å². The number of aromatic nitrogens is 1. The Morgan fingerprint density at radius 3 is 2.31 bits per heavy atom. The van der Waals surface area contributed by atoms with Gasteiger partial charge in [0.05, 0.1) is 5.52 Å². The standard InChI is InChI=1S/C19H17NOS2.C3H6/c1-12-10-13(2)17(14(3)11-12)18(21)23-19(22)20-9-8-15-6-4-5-7-16(15)20;1-3-2/h4-11H,1-3H3;3H,1H2,2H3. The lowest BCUT2D eigenvalue weighted by Gasteiger charge is -2.11. The van der Waals surface area contributed by atoms with Crippen LogP contribution >= 0.6 is 24.0 Å². The zero-order valence-electron chi connectivity index (χ0n) is 15.6. The molecule has 1 heterocycles. The molecule has 0 aliphatic carbocycles. The molecule has 3 aromatic rings. The molecule has 0 spiro atoms. The van der Waals surface area contributed by atoms with Crippen LogP contribution < -0.4 is 0 Å². The topological polar surface area (TPSA) is 22.0 Å². The van der Waals surface area contributed by atoms with Crippen LogP contribution in [0.25, 0.3) is 10.9 Å². The highest BCUT2D eigenvalue weighted by Crippen LogP contribution is 2.25. The van der Waals surface area contributed by atoms with Crippen molar-refractivity contribution >= 4 is 44.3 Å². The Morgan fingerprint density at radius 2 is 1.69 bits per heavy atom. The summed E-state index contributed by atoms with van der Waals surface area (Å²) in [6, 6.07) is 14.1. The fraction of sp³-hybridized carbons (Fsp3) is 0.182. The Balaban J connectivity index is 0.000000758. The van der Waals surface area contributed by atoms with Gasteiger partial charge in [-0.3, -0.25) is 4.79 Å². The third-order valence-electron chi connectivity index (χ3n) is 3.86. The number of thioether (sulfide) groups is 1. The van der Waals surface area contributed by atoms with Gasteiger partial charge >= 0.3 is 0 Å². The molecule has 4 heteroatoms. The molecule has 0 saturated carbocycles. The summed E-state index contributed by atoms with van der Waals surface area (Å²) in [4.78, 5) is 12.7. The number of carbonyl (C=O) groups excluding carboxylic acids is 1. The average molecular weight is 382 g/mol. The minimum atomic E-state index is 0.00258. The van der Waals surface area contributed by atoms with Crippen molar-refractivity contribution < 1.29 is 4.79 Å². The molecule has 2 nitrogen and oxygen atoms in total. The van der Waals surface area contributed by atoms with Crippen LogP contribution in [-0.4, -0.2) is 14.0 Å². The van der Waals surface area contributed by atoms with E-state index in [4.69, 9.17) is 12.2 Å². The molecule has 134 valence electrons. The van der Waals surface area contributed by atoms with Gasteiger partial charge in [0, 0.05) is 11.8 Å². The zero-order chi connectivity index (χ0) is 19.3. The predicted molar refractivity (Wildman–Crippen MR) is 118 cm³/mol. The molecule has 0 saturated heterocycles. The van der Waals surface area contributed by atoms with Crippen LogP contribution in [0.2, 0.25) is 0 Å². The van der Waals surface area contributed by atoms with Crippen LogP contribution in [-0.2, 0) is 0 Å². The maximum absolute atomic E-state index is 12.7. The van der Waals surface area contributed by atoms with Crippen molar-refractivity contribution in [3.05, 3.63) is 83.6 Å². The molecule has 0 aliphatic rings. The Kier molecular flexibility index (Phi) is 6.95. The van der Waals surface area contributed by atoms with Crippen molar-refractivity contribution in [3.63, 3.8) is 0 Å². The molecule has 0 unspecified atom stereocenters. The van der Waals surface area contributed by atoms with Crippen LogP contribution in [0.5, 0.6) is 0 Å². The van der Waals surface area contributed by atoms with Gasteiger partial charge in [-0.2, -0.15) is 0 Å². The van der Waals surface area contributed by atoms with E-state index in [0.29, 0.717) is 4.32 Å². The number of aryl methyl sites for hydroxylation is 3. The van der Waals surface area contributed by atoms with E-state index in [0.717, 1.165) is 39.4 Å². The molecule has 0 atom stereocenters. The van der Waals surface area contributed by atoms with Gasteiger partial charge in [-0.15, -0.1) is 6.58 Å². The van der Waals surface area contributed by atoms with Crippen molar-refractivity contribution in [2.45, 2.75) is 27.7 Å². The molecular weight excluding hydrogens is 358 g/mol. The molecule has 0 bridgehead atoms. The van der Waals surface area contributed by atoms with Gasteiger partial charge in [0.25, 0.3) is 0 Å². The first-order valence-corrected chi connectivity index (χ1v) is 9.59. The summed E-state index contributed by atoms with van der Waals surface area (Å²) < 4.78 is 2.45. The number of para-hydroxylation sites is 1. The Morgan fingerprint density at radius 1 is 1.12 bits per heavy atom. The third kappa shape index (κ3) is 4.51. The smallest absolute Gasteiger partial charge is 0.226 e. The summed E-state index contributed by atoms with van der Waals surface area (Å²) in [5, 5.41) is 1.12. The highest BCUT2D eigenvalue weighted by atomic mass is 32.2. The van der Waals surface area contributed by atoms with Crippen molar-refractivity contribution in [1.29, 1.82) is 0 Å². The van der Waals surface area contributed by atoms with Crippen LogP contribution in [0.15, 0.2) is 61.3 Å². The van der Waals surface area contributed by atoms with Crippen LogP contribution in [0.3, 0.4) is 0 Å². The van der Waals surface area contributed by atoms with Crippen molar-refractivity contribution in [2.24, 2.45) is 0 Å². The molecule has 1 aromatic heterocycles. The molecule has 2 aromatic carbocycles. The summed E-state index contributed by atoms with van der Waals surface area (Å²) in [7, 11) is 0. The van der Waals surface area contributed by atoms with Crippen molar-refractivity contribution in [2.75, 3.05) is 0 Å². The van der Waals surface area contributed by atoms with Gasteiger partial charge in [0.15, 0.2) is 4.32 Å². The summed E-state index contributed by atoms with van der Waals surface area (Å²) >= 11 is 6.61. The number of hydrogen-bond donors (Lipinski definition) is 0.